The highest BCUT2D eigenvalue weighted by Gasteiger charge is 2.12. The number of imidazole rings is 1. The molecule has 16 heavy (non-hydrogen) atoms. The number of para-hydroxylation sites is 1. The van der Waals surface area contributed by atoms with Crippen molar-refractivity contribution < 1.29 is 0 Å². The van der Waals surface area contributed by atoms with Crippen LogP contribution in [0.5, 0.6) is 0 Å². The lowest BCUT2D eigenvalue weighted by Crippen LogP contribution is -2.20. The van der Waals surface area contributed by atoms with E-state index >= 15 is 0 Å². The van der Waals surface area contributed by atoms with Crippen LogP contribution in [0.25, 0.3) is 11.0 Å². The van der Waals surface area contributed by atoms with Crippen LogP contribution in [-0.4, -0.2) is 15.6 Å². The molecule has 3 nitrogen and oxygen atoms in total. The number of aromatic nitrogens is 2. The highest BCUT2D eigenvalue weighted by Crippen LogP contribution is 2.24. The Kier molecular flexibility index (Phi) is 3.17. The maximum Gasteiger partial charge on any atom is 0.111 e. The van der Waals surface area contributed by atoms with Gasteiger partial charge in [0, 0.05) is 19.0 Å². The summed E-state index contributed by atoms with van der Waals surface area (Å²) in [6, 6.07) is 5.92. The van der Waals surface area contributed by atoms with Crippen LogP contribution in [0.3, 0.4) is 0 Å². The van der Waals surface area contributed by atoms with Crippen LogP contribution in [0.4, 0.5) is 0 Å². The number of fused-ring (bicyclic) bond motifs is 1. The lowest BCUT2D eigenvalue weighted by atomic mass is 10.2. The number of hydrogen-bond donors (Lipinski definition) is 1. The minimum atomic E-state index is 0.112. The molecular formula is C12H16ClN3. The zero-order chi connectivity index (χ0) is 11.7. The van der Waals surface area contributed by atoms with Gasteiger partial charge in [0.05, 0.1) is 16.1 Å². The fourth-order valence-electron chi connectivity index (χ4n) is 1.97. The molecule has 0 aliphatic carbocycles. The van der Waals surface area contributed by atoms with Gasteiger partial charge in [-0.15, -0.1) is 0 Å². The Morgan fingerprint density at radius 1 is 1.50 bits per heavy atom. The molecular weight excluding hydrogens is 222 g/mol. The first-order valence-electron chi connectivity index (χ1n) is 5.52. The molecule has 0 saturated heterocycles. The van der Waals surface area contributed by atoms with E-state index in [2.05, 4.69) is 16.5 Å². The largest absolute Gasteiger partial charge is 0.328 e. The van der Waals surface area contributed by atoms with Gasteiger partial charge in [-0.25, -0.2) is 4.98 Å². The normalized spacial score (nSPS) is 13.2. The van der Waals surface area contributed by atoms with Gasteiger partial charge in [0.25, 0.3) is 0 Å². The summed E-state index contributed by atoms with van der Waals surface area (Å²) in [5.41, 5.74) is 7.79. The average molecular weight is 238 g/mol. The van der Waals surface area contributed by atoms with Gasteiger partial charge in [-0.1, -0.05) is 17.7 Å². The lowest BCUT2D eigenvalue weighted by Gasteiger charge is -2.08. The minimum Gasteiger partial charge on any atom is -0.328 e. The zero-order valence-electron chi connectivity index (χ0n) is 9.57. The van der Waals surface area contributed by atoms with E-state index in [4.69, 9.17) is 17.3 Å². The Labute approximate surface area is 100 Å². The highest BCUT2D eigenvalue weighted by molar-refractivity contribution is 6.35. The molecule has 1 heterocycles. The molecule has 86 valence electrons. The third kappa shape index (κ3) is 1.93. The number of hydrogen-bond acceptors (Lipinski definition) is 2. The Bertz CT molecular complexity index is 502. The molecule has 0 fully saturated rings. The van der Waals surface area contributed by atoms with Crippen molar-refractivity contribution in [3.05, 3.63) is 29.0 Å². The van der Waals surface area contributed by atoms with Gasteiger partial charge < -0.3 is 10.3 Å². The van der Waals surface area contributed by atoms with Gasteiger partial charge in [-0.3, -0.25) is 0 Å². The van der Waals surface area contributed by atoms with Crippen molar-refractivity contribution in [1.82, 2.24) is 9.55 Å². The summed E-state index contributed by atoms with van der Waals surface area (Å²) < 4.78 is 2.14. The second kappa shape index (κ2) is 4.44. The molecule has 2 aromatic rings. The third-order valence-corrected chi connectivity index (χ3v) is 2.92. The number of rotatable bonds is 3. The fraction of sp³-hybridized carbons (Fsp3) is 0.417. The molecule has 1 aromatic carbocycles. The lowest BCUT2D eigenvalue weighted by molar-refractivity contribution is 0.647. The molecule has 1 aromatic heterocycles. The van der Waals surface area contributed by atoms with Crippen molar-refractivity contribution in [2.24, 2.45) is 5.73 Å². The molecule has 0 amide bonds. The Balaban J connectivity index is 2.62. The van der Waals surface area contributed by atoms with E-state index in [0.717, 1.165) is 34.8 Å². The highest BCUT2D eigenvalue weighted by atomic mass is 35.5. The van der Waals surface area contributed by atoms with Gasteiger partial charge in [0.1, 0.15) is 5.82 Å². The Hall–Kier alpha value is -1.06. The van der Waals surface area contributed by atoms with Crippen molar-refractivity contribution >= 4 is 22.6 Å². The van der Waals surface area contributed by atoms with E-state index in [1.807, 2.05) is 25.1 Å². The van der Waals surface area contributed by atoms with Crippen molar-refractivity contribution in [3.8, 4) is 0 Å². The quantitative estimate of drug-likeness (QED) is 0.892. The molecule has 2 rings (SSSR count). The molecule has 0 radical (unpaired) electrons. The van der Waals surface area contributed by atoms with Crippen LogP contribution in [0.15, 0.2) is 18.2 Å². The van der Waals surface area contributed by atoms with Crippen LogP contribution in [0.2, 0.25) is 5.02 Å². The molecule has 0 bridgehead atoms. The number of nitrogens with zero attached hydrogens (tertiary/aromatic N) is 2. The Morgan fingerprint density at radius 3 is 2.88 bits per heavy atom. The van der Waals surface area contributed by atoms with Crippen molar-refractivity contribution in [2.45, 2.75) is 32.9 Å². The van der Waals surface area contributed by atoms with Crippen LogP contribution in [0, 0.1) is 0 Å². The number of aryl methyl sites for hydroxylation is 1. The van der Waals surface area contributed by atoms with E-state index in [1.165, 1.54) is 0 Å². The van der Waals surface area contributed by atoms with E-state index in [-0.39, 0.29) is 6.04 Å². The minimum absolute atomic E-state index is 0.112. The summed E-state index contributed by atoms with van der Waals surface area (Å²) in [5.74, 6) is 1.01. The maximum absolute atomic E-state index is 6.20. The van der Waals surface area contributed by atoms with Gasteiger partial charge in [0.15, 0.2) is 0 Å². The third-order valence-electron chi connectivity index (χ3n) is 2.62. The molecule has 1 unspecified atom stereocenters. The van der Waals surface area contributed by atoms with E-state index < -0.39 is 0 Å². The van der Waals surface area contributed by atoms with Crippen LogP contribution in [-0.2, 0) is 13.0 Å². The van der Waals surface area contributed by atoms with E-state index in [0.29, 0.717) is 0 Å². The number of halogens is 1. The summed E-state index contributed by atoms with van der Waals surface area (Å²) in [7, 11) is 0. The molecule has 4 heteroatoms. The first kappa shape index (κ1) is 11.4. The maximum atomic E-state index is 6.20. The first-order chi connectivity index (χ1) is 7.63. The predicted octanol–water partition coefficient (Wildman–Crippen LogP) is 2.60. The summed E-state index contributed by atoms with van der Waals surface area (Å²) >= 11 is 6.20. The van der Waals surface area contributed by atoms with Gasteiger partial charge in [-0.2, -0.15) is 0 Å². The summed E-state index contributed by atoms with van der Waals surface area (Å²) in [6.45, 7) is 4.94. The smallest absolute Gasteiger partial charge is 0.111 e. The standard InChI is InChI=1S/C12H16ClN3/c1-3-16-11(7-8(2)14)15-10-6-4-5-9(13)12(10)16/h4-6,8H,3,7,14H2,1-2H3. The monoisotopic (exact) mass is 237 g/mol. The zero-order valence-corrected chi connectivity index (χ0v) is 10.3. The van der Waals surface area contributed by atoms with Gasteiger partial charge >= 0.3 is 0 Å². The second-order valence-electron chi connectivity index (χ2n) is 4.06. The second-order valence-corrected chi connectivity index (χ2v) is 4.47. The van der Waals surface area contributed by atoms with Crippen LogP contribution < -0.4 is 5.73 Å². The van der Waals surface area contributed by atoms with Gasteiger partial charge in [0.2, 0.25) is 0 Å². The molecule has 2 N–H and O–H groups in total. The van der Waals surface area contributed by atoms with Crippen molar-refractivity contribution in [3.63, 3.8) is 0 Å². The predicted molar refractivity (Wildman–Crippen MR) is 67.8 cm³/mol. The summed E-state index contributed by atoms with van der Waals surface area (Å²) in [4.78, 5) is 4.58. The molecule has 0 saturated carbocycles. The topological polar surface area (TPSA) is 43.8 Å². The van der Waals surface area contributed by atoms with Crippen molar-refractivity contribution in [1.29, 1.82) is 0 Å². The van der Waals surface area contributed by atoms with Crippen LogP contribution in [0.1, 0.15) is 19.7 Å². The number of nitrogens with two attached hydrogens (primary N) is 1. The van der Waals surface area contributed by atoms with E-state index in [1.54, 1.807) is 0 Å². The molecule has 0 aliphatic heterocycles. The Morgan fingerprint density at radius 2 is 2.25 bits per heavy atom. The average Bonchev–Trinajstić information content (AvgIpc) is 2.55. The summed E-state index contributed by atoms with van der Waals surface area (Å²) in [5, 5.41) is 0.753. The SMILES string of the molecule is CCn1c(CC(C)N)nc2cccc(Cl)c21. The summed E-state index contributed by atoms with van der Waals surface area (Å²) in [6.07, 6.45) is 0.777. The first-order valence-corrected chi connectivity index (χ1v) is 5.90. The number of benzene rings is 1. The fourth-order valence-corrected chi connectivity index (χ4v) is 2.25. The van der Waals surface area contributed by atoms with E-state index in [9.17, 15) is 0 Å². The van der Waals surface area contributed by atoms with Crippen LogP contribution >= 0.6 is 11.6 Å². The molecule has 0 aliphatic rings. The van der Waals surface area contributed by atoms with Crippen molar-refractivity contribution in [2.75, 3.05) is 0 Å². The molecule has 0 spiro atoms. The molecule has 1 atom stereocenters. The van der Waals surface area contributed by atoms with Gasteiger partial charge in [-0.05, 0) is 26.0 Å².